The number of rotatable bonds is 1. The van der Waals surface area contributed by atoms with Crippen molar-refractivity contribution in [2.75, 3.05) is 0 Å². The lowest BCUT2D eigenvalue weighted by atomic mass is 10.1. The number of nitrogens with zero attached hydrogens (tertiary/aromatic N) is 2. The Balaban J connectivity index is 2.33. The van der Waals surface area contributed by atoms with Crippen LogP contribution in [0.3, 0.4) is 0 Å². The van der Waals surface area contributed by atoms with Gasteiger partial charge in [-0.1, -0.05) is 54.2 Å². The Hall–Kier alpha value is -2.00. The maximum absolute atomic E-state index is 5.40. The van der Waals surface area contributed by atoms with E-state index in [1.807, 2.05) is 25.2 Å². The summed E-state index contributed by atoms with van der Waals surface area (Å²) in [5, 5.41) is 1.02. The lowest BCUT2D eigenvalue weighted by Gasteiger charge is -2.12. The molecule has 0 radical (unpaired) electrons. The van der Waals surface area contributed by atoms with Gasteiger partial charge in [-0.15, -0.1) is 0 Å². The summed E-state index contributed by atoms with van der Waals surface area (Å²) < 4.78 is 2.75. The fraction of sp³-hybridized carbons (Fsp3) is 0.125. The fourth-order valence-corrected chi connectivity index (χ4v) is 2.51. The number of hydrogen-bond donors (Lipinski definition) is 0. The second kappa shape index (κ2) is 4.59. The minimum absolute atomic E-state index is 0.657. The highest BCUT2D eigenvalue weighted by molar-refractivity contribution is 7.71. The molecule has 3 rings (SSSR count). The molecule has 0 saturated heterocycles. The molecule has 0 atom stereocenters. The van der Waals surface area contributed by atoms with Crippen LogP contribution < -0.4 is 0 Å². The minimum atomic E-state index is 0.657. The molecule has 0 aliphatic carbocycles. The van der Waals surface area contributed by atoms with Crippen LogP contribution >= 0.6 is 12.2 Å². The standard InChI is InChI=1S/C16H14N2S/c1-11-7-9-12(10-8-11)15-17-16(19)13-5-3-4-6-14(13)18(15)2/h3-10H,1-2H3. The Morgan fingerprint density at radius 2 is 1.68 bits per heavy atom. The molecule has 19 heavy (non-hydrogen) atoms. The Morgan fingerprint density at radius 1 is 1.00 bits per heavy atom. The molecular formula is C16H14N2S. The Bertz CT molecular complexity index is 801. The third-order valence-electron chi connectivity index (χ3n) is 3.33. The fourth-order valence-electron chi connectivity index (χ4n) is 2.25. The molecule has 1 aromatic heterocycles. The summed E-state index contributed by atoms with van der Waals surface area (Å²) in [6, 6.07) is 16.5. The Labute approximate surface area is 117 Å². The number of benzene rings is 2. The highest BCUT2D eigenvalue weighted by Gasteiger charge is 2.07. The van der Waals surface area contributed by atoms with Crippen LogP contribution in [0.2, 0.25) is 0 Å². The summed E-state index contributed by atoms with van der Waals surface area (Å²) in [4.78, 5) is 4.58. The average Bonchev–Trinajstić information content (AvgIpc) is 2.44. The maximum Gasteiger partial charge on any atom is 0.141 e. The Kier molecular flexibility index (Phi) is 2.91. The van der Waals surface area contributed by atoms with Gasteiger partial charge < -0.3 is 4.57 Å². The van der Waals surface area contributed by atoms with Crippen LogP contribution in [-0.4, -0.2) is 9.55 Å². The van der Waals surface area contributed by atoms with Crippen LogP contribution in [0.1, 0.15) is 5.56 Å². The lowest BCUT2D eigenvalue weighted by Crippen LogP contribution is -2.02. The molecule has 0 amide bonds. The van der Waals surface area contributed by atoms with Crippen molar-refractivity contribution in [3.8, 4) is 11.4 Å². The van der Waals surface area contributed by atoms with Crippen molar-refractivity contribution in [1.29, 1.82) is 0 Å². The van der Waals surface area contributed by atoms with Gasteiger partial charge in [0, 0.05) is 18.0 Å². The van der Waals surface area contributed by atoms with E-state index in [4.69, 9.17) is 12.2 Å². The zero-order valence-corrected chi connectivity index (χ0v) is 11.7. The smallest absolute Gasteiger partial charge is 0.141 e. The molecule has 0 spiro atoms. The second-order valence-corrected chi connectivity index (χ2v) is 5.07. The van der Waals surface area contributed by atoms with E-state index in [9.17, 15) is 0 Å². The predicted molar refractivity (Wildman–Crippen MR) is 81.7 cm³/mol. The molecule has 0 unspecified atom stereocenters. The van der Waals surface area contributed by atoms with E-state index in [0.29, 0.717) is 4.64 Å². The van der Waals surface area contributed by atoms with E-state index in [2.05, 4.69) is 46.8 Å². The van der Waals surface area contributed by atoms with Crippen LogP contribution in [0, 0.1) is 11.6 Å². The molecule has 0 saturated carbocycles. The quantitative estimate of drug-likeness (QED) is 0.612. The zero-order valence-electron chi connectivity index (χ0n) is 10.9. The zero-order chi connectivity index (χ0) is 13.4. The first-order valence-corrected chi connectivity index (χ1v) is 6.60. The molecule has 0 bridgehead atoms. The van der Waals surface area contributed by atoms with Crippen molar-refractivity contribution >= 4 is 23.1 Å². The molecule has 94 valence electrons. The van der Waals surface area contributed by atoms with Gasteiger partial charge >= 0.3 is 0 Å². The summed E-state index contributed by atoms with van der Waals surface area (Å²) in [6.45, 7) is 2.08. The van der Waals surface area contributed by atoms with Gasteiger partial charge in [0.15, 0.2) is 0 Å². The summed E-state index contributed by atoms with van der Waals surface area (Å²) >= 11 is 5.40. The highest BCUT2D eigenvalue weighted by atomic mass is 32.1. The maximum atomic E-state index is 5.40. The third-order valence-corrected chi connectivity index (χ3v) is 3.64. The molecule has 1 heterocycles. The number of para-hydroxylation sites is 1. The van der Waals surface area contributed by atoms with Crippen molar-refractivity contribution < 1.29 is 0 Å². The van der Waals surface area contributed by atoms with E-state index in [1.165, 1.54) is 5.56 Å². The Morgan fingerprint density at radius 3 is 2.42 bits per heavy atom. The molecule has 0 aliphatic rings. The molecule has 0 N–H and O–H groups in total. The van der Waals surface area contributed by atoms with Crippen molar-refractivity contribution in [2.45, 2.75) is 6.92 Å². The van der Waals surface area contributed by atoms with Crippen molar-refractivity contribution in [3.05, 3.63) is 58.7 Å². The molecule has 3 heteroatoms. The minimum Gasteiger partial charge on any atom is -0.328 e. The average molecular weight is 266 g/mol. The highest BCUT2D eigenvalue weighted by Crippen LogP contribution is 2.22. The van der Waals surface area contributed by atoms with Crippen LogP contribution in [0.5, 0.6) is 0 Å². The van der Waals surface area contributed by atoms with E-state index in [-0.39, 0.29) is 0 Å². The van der Waals surface area contributed by atoms with Crippen molar-refractivity contribution in [2.24, 2.45) is 7.05 Å². The van der Waals surface area contributed by atoms with E-state index >= 15 is 0 Å². The third kappa shape index (κ3) is 2.06. The summed E-state index contributed by atoms with van der Waals surface area (Å²) in [5.74, 6) is 0.906. The first-order chi connectivity index (χ1) is 9.16. The van der Waals surface area contributed by atoms with Crippen LogP contribution in [0.25, 0.3) is 22.3 Å². The molecule has 2 nitrogen and oxygen atoms in total. The van der Waals surface area contributed by atoms with Crippen LogP contribution in [0.4, 0.5) is 0 Å². The molecule has 3 aromatic rings. The van der Waals surface area contributed by atoms with Crippen LogP contribution in [-0.2, 0) is 7.05 Å². The van der Waals surface area contributed by atoms with E-state index < -0.39 is 0 Å². The van der Waals surface area contributed by atoms with Crippen molar-refractivity contribution in [1.82, 2.24) is 9.55 Å². The van der Waals surface area contributed by atoms with E-state index in [0.717, 1.165) is 22.3 Å². The number of aryl methyl sites for hydroxylation is 2. The van der Waals surface area contributed by atoms with Gasteiger partial charge in [0.2, 0.25) is 0 Å². The first kappa shape index (κ1) is 12.1. The SMILES string of the molecule is Cc1ccc(-c2nc(=S)c3ccccc3n2C)cc1. The van der Waals surface area contributed by atoms with E-state index in [1.54, 1.807) is 0 Å². The number of fused-ring (bicyclic) bond motifs is 1. The predicted octanol–water partition coefficient (Wildman–Crippen LogP) is 4.28. The van der Waals surface area contributed by atoms with Gasteiger partial charge in [-0.2, -0.15) is 0 Å². The van der Waals surface area contributed by atoms with Gasteiger partial charge in [0.05, 0.1) is 5.52 Å². The molecule has 0 aliphatic heterocycles. The van der Waals surface area contributed by atoms with Crippen molar-refractivity contribution in [3.63, 3.8) is 0 Å². The van der Waals surface area contributed by atoms with Crippen LogP contribution in [0.15, 0.2) is 48.5 Å². The first-order valence-electron chi connectivity index (χ1n) is 6.19. The molecule has 0 fully saturated rings. The number of hydrogen-bond acceptors (Lipinski definition) is 2. The topological polar surface area (TPSA) is 17.8 Å². The van der Waals surface area contributed by atoms with Gasteiger partial charge in [0.25, 0.3) is 0 Å². The summed E-state index contributed by atoms with van der Waals surface area (Å²) in [7, 11) is 2.03. The largest absolute Gasteiger partial charge is 0.328 e. The number of aromatic nitrogens is 2. The van der Waals surface area contributed by atoms with Gasteiger partial charge in [-0.05, 0) is 19.1 Å². The normalized spacial score (nSPS) is 10.8. The molecular weight excluding hydrogens is 252 g/mol. The van der Waals surface area contributed by atoms with Gasteiger partial charge in [0.1, 0.15) is 10.5 Å². The van der Waals surface area contributed by atoms with Gasteiger partial charge in [-0.3, -0.25) is 0 Å². The summed E-state index contributed by atoms with van der Waals surface area (Å²) in [6.07, 6.45) is 0. The second-order valence-electron chi connectivity index (χ2n) is 4.68. The summed E-state index contributed by atoms with van der Waals surface area (Å²) in [5.41, 5.74) is 3.44. The van der Waals surface area contributed by atoms with Gasteiger partial charge in [-0.25, -0.2) is 4.98 Å². The lowest BCUT2D eigenvalue weighted by molar-refractivity contribution is 0.921. The monoisotopic (exact) mass is 266 g/mol. The molecule has 2 aromatic carbocycles.